The number of hydrogen-bond donors (Lipinski definition) is 1. The summed E-state index contributed by atoms with van der Waals surface area (Å²) in [5.41, 5.74) is 0.234. The van der Waals surface area contributed by atoms with E-state index in [0.29, 0.717) is 11.1 Å². The molecule has 1 N–H and O–H groups in total. The van der Waals surface area contributed by atoms with E-state index in [1.165, 1.54) is 4.90 Å². The fourth-order valence-corrected chi connectivity index (χ4v) is 3.06. The van der Waals surface area contributed by atoms with E-state index in [4.69, 9.17) is 9.47 Å². The number of rotatable bonds is 4. The Kier molecular flexibility index (Phi) is 5.90. The number of aliphatic carboxylic acids is 1. The molecule has 2 rings (SSSR count). The maximum absolute atomic E-state index is 12.3. The van der Waals surface area contributed by atoms with Crippen LogP contribution in [0.2, 0.25) is 0 Å². The molecule has 0 unspecified atom stereocenters. The molecule has 1 aliphatic heterocycles. The fourth-order valence-electron chi connectivity index (χ4n) is 3.06. The Morgan fingerprint density at radius 3 is 2.42 bits per heavy atom. The van der Waals surface area contributed by atoms with Gasteiger partial charge in [-0.15, -0.1) is 0 Å². The number of carbonyl (C=O) groups excluding carboxylic acids is 2. The van der Waals surface area contributed by atoms with Crippen molar-refractivity contribution in [2.75, 3.05) is 19.7 Å². The first-order chi connectivity index (χ1) is 12.1. The van der Waals surface area contributed by atoms with Crippen LogP contribution in [-0.4, -0.2) is 53.3 Å². The third-order valence-electron chi connectivity index (χ3n) is 4.14. The predicted molar refractivity (Wildman–Crippen MR) is 94.1 cm³/mol. The molecule has 26 heavy (non-hydrogen) atoms. The van der Waals surface area contributed by atoms with Gasteiger partial charge >= 0.3 is 18.0 Å². The molecule has 7 nitrogen and oxygen atoms in total. The van der Waals surface area contributed by atoms with E-state index < -0.39 is 35.5 Å². The van der Waals surface area contributed by atoms with Crippen molar-refractivity contribution >= 4 is 18.0 Å². The lowest BCUT2D eigenvalue weighted by Gasteiger charge is -2.24. The SMILES string of the molecule is CCOC(=O)c1ccccc1[C@H]1CN(C(=O)OC(C)(C)C)C[C@@H]1C(=O)O. The minimum Gasteiger partial charge on any atom is -0.481 e. The first kappa shape index (κ1) is 19.8. The maximum atomic E-state index is 12.3. The number of carboxylic acid groups (broad SMARTS) is 1. The Hall–Kier alpha value is -2.57. The van der Waals surface area contributed by atoms with Crippen molar-refractivity contribution in [2.45, 2.75) is 39.2 Å². The Balaban J connectivity index is 2.32. The predicted octanol–water partition coefficient (Wildman–Crippen LogP) is 2.90. The lowest BCUT2D eigenvalue weighted by Crippen LogP contribution is -2.35. The number of amides is 1. The summed E-state index contributed by atoms with van der Waals surface area (Å²) in [6, 6.07) is 6.77. The first-order valence-corrected chi connectivity index (χ1v) is 8.60. The molecule has 0 bridgehead atoms. The largest absolute Gasteiger partial charge is 0.481 e. The van der Waals surface area contributed by atoms with E-state index in [9.17, 15) is 19.5 Å². The van der Waals surface area contributed by atoms with Crippen LogP contribution in [0.4, 0.5) is 4.79 Å². The van der Waals surface area contributed by atoms with Crippen LogP contribution in [0.25, 0.3) is 0 Å². The molecule has 1 aromatic rings. The molecule has 1 aromatic carbocycles. The maximum Gasteiger partial charge on any atom is 0.410 e. The number of esters is 1. The zero-order chi connectivity index (χ0) is 19.5. The lowest BCUT2D eigenvalue weighted by atomic mass is 9.86. The van der Waals surface area contributed by atoms with Crippen molar-refractivity contribution in [3.8, 4) is 0 Å². The molecule has 1 aliphatic rings. The highest BCUT2D eigenvalue weighted by Gasteiger charge is 2.43. The van der Waals surface area contributed by atoms with Gasteiger partial charge in [-0.1, -0.05) is 18.2 Å². The van der Waals surface area contributed by atoms with Crippen molar-refractivity contribution in [2.24, 2.45) is 5.92 Å². The molecule has 142 valence electrons. The molecule has 2 atom stereocenters. The summed E-state index contributed by atoms with van der Waals surface area (Å²) in [6.45, 7) is 7.40. The number of carbonyl (C=O) groups is 3. The van der Waals surface area contributed by atoms with Gasteiger partial charge < -0.3 is 19.5 Å². The minimum absolute atomic E-state index is 0.0338. The topological polar surface area (TPSA) is 93.1 Å². The highest BCUT2D eigenvalue weighted by molar-refractivity contribution is 5.91. The van der Waals surface area contributed by atoms with E-state index in [2.05, 4.69) is 0 Å². The minimum atomic E-state index is -1.01. The van der Waals surface area contributed by atoms with Gasteiger partial charge in [-0.3, -0.25) is 4.79 Å². The number of benzene rings is 1. The monoisotopic (exact) mass is 363 g/mol. The molecule has 7 heteroatoms. The van der Waals surface area contributed by atoms with Gasteiger partial charge in [0.05, 0.1) is 18.1 Å². The van der Waals surface area contributed by atoms with Crippen molar-refractivity contribution in [1.29, 1.82) is 0 Å². The van der Waals surface area contributed by atoms with Gasteiger partial charge in [-0.25, -0.2) is 9.59 Å². The number of carboxylic acids is 1. The van der Waals surface area contributed by atoms with Crippen molar-refractivity contribution in [3.05, 3.63) is 35.4 Å². The van der Waals surface area contributed by atoms with Crippen LogP contribution in [0.5, 0.6) is 0 Å². The Labute approximate surface area is 152 Å². The van der Waals surface area contributed by atoms with Gasteiger partial charge in [0.15, 0.2) is 0 Å². The average molecular weight is 363 g/mol. The van der Waals surface area contributed by atoms with Gasteiger partial charge in [0.1, 0.15) is 5.60 Å². The Morgan fingerprint density at radius 1 is 1.19 bits per heavy atom. The van der Waals surface area contributed by atoms with Crippen LogP contribution >= 0.6 is 0 Å². The third-order valence-corrected chi connectivity index (χ3v) is 4.14. The summed E-state index contributed by atoms with van der Waals surface area (Å²) < 4.78 is 10.4. The summed E-state index contributed by atoms with van der Waals surface area (Å²) >= 11 is 0. The summed E-state index contributed by atoms with van der Waals surface area (Å²) in [5.74, 6) is -2.85. The molecule has 1 heterocycles. The second-order valence-corrected chi connectivity index (χ2v) is 7.24. The van der Waals surface area contributed by atoms with Crippen LogP contribution in [0.1, 0.15) is 49.5 Å². The molecular weight excluding hydrogens is 338 g/mol. The van der Waals surface area contributed by atoms with E-state index in [1.54, 1.807) is 52.0 Å². The molecule has 0 spiro atoms. The molecule has 1 fully saturated rings. The van der Waals surface area contributed by atoms with E-state index in [0.717, 1.165) is 0 Å². The zero-order valence-electron chi connectivity index (χ0n) is 15.5. The van der Waals surface area contributed by atoms with Crippen molar-refractivity contribution in [1.82, 2.24) is 4.90 Å². The van der Waals surface area contributed by atoms with Gasteiger partial charge in [-0.05, 0) is 39.3 Å². The Bertz CT molecular complexity index is 694. The number of likely N-dealkylation sites (tertiary alicyclic amines) is 1. The normalized spacial score (nSPS) is 19.9. The van der Waals surface area contributed by atoms with Gasteiger partial charge in [0.2, 0.25) is 0 Å². The van der Waals surface area contributed by atoms with Crippen LogP contribution in [0, 0.1) is 5.92 Å². The molecule has 1 amide bonds. The highest BCUT2D eigenvalue weighted by atomic mass is 16.6. The molecular formula is C19H25NO6. The van der Waals surface area contributed by atoms with E-state index >= 15 is 0 Å². The molecule has 0 aliphatic carbocycles. The second-order valence-electron chi connectivity index (χ2n) is 7.24. The first-order valence-electron chi connectivity index (χ1n) is 8.60. The van der Waals surface area contributed by atoms with Crippen LogP contribution in [-0.2, 0) is 14.3 Å². The standard InChI is InChI=1S/C19H25NO6/c1-5-25-17(23)13-9-7-6-8-12(13)14-10-20(11-15(14)16(21)22)18(24)26-19(2,3)4/h6-9,14-15H,5,10-11H2,1-4H3,(H,21,22)/t14-,15+/m1/s1. The molecule has 0 aromatic heterocycles. The van der Waals surface area contributed by atoms with Gasteiger partial charge in [0, 0.05) is 19.0 Å². The van der Waals surface area contributed by atoms with Gasteiger partial charge in [-0.2, -0.15) is 0 Å². The summed E-state index contributed by atoms with van der Waals surface area (Å²) in [5, 5.41) is 9.62. The van der Waals surface area contributed by atoms with E-state index in [1.807, 2.05) is 0 Å². The van der Waals surface area contributed by atoms with Crippen LogP contribution in [0.3, 0.4) is 0 Å². The third kappa shape index (κ3) is 4.53. The average Bonchev–Trinajstić information content (AvgIpc) is 2.99. The van der Waals surface area contributed by atoms with Gasteiger partial charge in [0.25, 0.3) is 0 Å². The number of hydrogen-bond acceptors (Lipinski definition) is 5. The molecule has 0 radical (unpaired) electrons. The van der Waals surface area contributed by atoms with Crippen LogP contribution in [0.15, 0.2) is 24.3 Å². The van der Waals surface area contributed by atoms with Crippen LogP contribution < -0.4 is 0 Å². The highest BCUT2D eigenvalue weighted by Crippen LogP contribution is 2.35. The van der Waals surface area contributed by atoms with Crippen molar-refractivity contribution < 1.29 is 29.0 Å². The fraction of sp³-hybridized carbons (Fsp3) is 0.526. The summed E-state index contributed by atoms with van der Waals surface area (Å²) in [4.78, 5) is 37.7. The molecule has 0 saturated carbocycles. The summed E-state index contributed by atoms with van der Waals surface area (Å²) in [7, 11) is 0. The van der Waals surface area contributed by atoms with E-state index in [-0.39, 0.29) is 19.7 Å². The smallest absolute Gasteiger partial charge is 0.410 e. The Morgan fingerprint density at radius 2 is 1.85 bits per heavy atom. The zero-order valence-corrected chi connectivity index (χ0v) is 15.5. The summed E-state index contributed by atoms with van der Waals surface area (Å²) in [6.07, 6.45) is -0.556. The quantitative estimate of drug-likeness (QED) is 0.827. The lowest BCUT2D eigenvalue weighted by molar-refractivity contribution is -0.141. The second kappa shape index (κ2) is 7.76. The molecule has 1 saturated heterocycles. The number of ether oxygens (including phenoxy) is 2. The number of nitrogens with zero attached hydrogens (tertiary/aromatic N) is 1. The van der Waals surface area contributed by atoms with Crippen molar-refractivity contribution in [3.63, 3.8) is 0 Å².